The second-order valence-corrected chi connectivity index (χ2v) is 5.05. The van der Waals surface area contributed by atoms with Gasteiger partial charge in [0.1, 0.15) is 24.1 Å². The molecule has 2 rings (SSSR count). The van der Waals surface area contributed by atoms with Gasteiger partial charge in [-0.2, -0.15) is 4.98 Å². The molecule has 1 saturated heterocycles. The maximum Gasteiger partial charge on any atom is 0.351 e. The quantitative estimate of drug-likeness (QED) is 0.446. The summed E-state index contributed by atoms with van der Waals surface area (Å²) in [6, 6.07) is 0. The fourth-order valence-corrected chi connectivity index (χ4v) is 2.17. The van der Waals surface area contributed by atoms with E-state index in [4.69, 9.17) is 15.6 Å². The minimum Gasteiger partial charge on any atom is -0.394 e. The summed E-state index contributed by atoms with van der Waals surface area (Å²) in [5.74, 6) is 0.0867. The summed E-state index contributed by atoms with van der Waals surface area (Å²) in [4.78, 5) is 15.2. The molecule has 0 amide bonds. The molecule has 5 N–H and O–H groups in total. The first kappa shape index (κ1) is 13.7. The molecular formula is C9H12IN3O5. The third-order valence-corrected chi connectivity index (χ3v) is 3.56. The van der Waals surface area contributed by atoms with Crippen molar-refractivity contribution in [2.45, 2.75) is 24.5 Å². The molecule has 1 aliphatic rings. The van der Waals surface area contributed by atoms with Gasteiger partial charge in [-0.05, 0) is 22.6 Å². The molecule has 1 aromatic rings. The van der Waals surface area contributed by atoms with Crippen molar-refractivity contribution in [1.82, 2.24) is 9.55 Å². The van der Waals surface area contributed by atoms with Crippen LogP contribution in [0.2, 0.25) is 0 Å². The van der Waals surface area contributed by atoms with Crippen LogP contribution in [0.4, 0.5) is 5.82 Å². The van der Waals surface area contributed by atoms with E-state index in [1.54, 1.807) is 0 Å². The molecule has 0 spiro atoms. The van der Waals surface area contributed by atoms with Crippen molar-refractivity contribution in [2.75, 3.05) is 12.3 Å². The third-order valence-electron chi connectivity index (χ3n) is 2.73. The maximum absolute atomic E-state index is 11.7. The third kappa shape index (κ3) is 2.23. The van der Waals surface area contributed by atoms with E-state index in [1.807, 2.05) is 22.6 Å². The minimum absolute atomic E-state index is 0.0867. The summed E-state index contributed by atoms with van der Waals surface area (Å²) < 4.78 is 6.79. The highest BCUT2D eigenvalue weighted by Crippen LogP contribution is 2.28. The lowest BCUT2D eigenvalue weighted by Crippen LogP contribution is -2.36. The van der Waals surface area contributed by atoms with Crippen LogP contribution >= 0.6 is 22.6 Å². The van der Waals surface area contributed by atoms with Crippen LogP contribution in [0.5, 0.6) is 0 Å². The van der Waals surface area contributed by atoms with E-state index >= 15 is 0 Å². The summed E-state index contributed by atoms with van der Waals surface area (Å²) >= 11 is 1.88. The number of halogens is 1. The van der Waals surface area contributed by atoms with Crippen LogP contribution in [0.1, 0.15) is 6.23 Å². The zero-order chi connectivity index (χ0) is 13.4. The SMILES string of the molecule is Nc1nc(=O)n([C@H]2O[C@@H](CO)[C@@H](O)[C@H]2O)cc1I. The van der Waals surface area contributed by atoms with Crippen molar-refractivity contribution in [3.63, 3.8) is 0 Å². The summed E-state index contributed by atoms with van der Waals surface area (Å²) in [5.41, 5.74) is 4.79. The van der Waals surface area contributed by atoms with Gasteiger partial charge in [-0.15, -0.1) is 0 Å². The van der Waals surface area contributed by atoms with Crippen LogP contribution in [0.25, 0.3) is 0 Å². The number of nitrogen functional groups attached to an aromatic ring is 1. The van der Waals surface area contributed by atoms with Crippen molar-refractivity contribution in [1.29, 1.82) is 0 Å². The summed E-state index contributed by atoms with van der Waals surface area (Å²) in [7, 11) is 0. The molecule has 18 heavy (non-hydrogen) atoms. The number of aliphatic hydroxyl groups excluding tert-OH is 3. The molecule has 8 nitrogen and oxygen atoms in total. The molecule has 0 saturated carbocycles. The summed E-state index contributed by atoms with van der Waals surface area (Å²) in [6.45, 7) is -0.455. The van der Waals surface area contributed by atoms with Crippen LogP contribution in [0.15, 0.2) is 11.0 Å². The van der Waals surface area contributed by atoms with Gasteiger partial charge in [-0.25, -0.2) is 4.79 Å². The first-order valence-corrected chi connectivity index (χ1v) is 6.20. The summed E-state index contributed by atoms with van der Waals surface area (Å²) in [5, 5.41) is 28.4. The number of ether oxygens (including phenoxy) is 1. The smallest absolute Gasteiger partial charge is 0.351 e. The van der Waals surface area contributed by atoms with Gasteiger partial charge in [-0.1, -0.05) is 0 Å². The lowest BCUT2D eigenvalue weighted by Gasteiger charge is -2.17. The predicted molar refractivity (Wildman–Crippen MR) is 68.6 cm³/mol. The number of hydrogen-bond acceptors (Lipinski definition) is 7. The standard InChI is InChI=1S/C9H12IN3O5/c10-3-1-13(9(17)12-7(3)11)8-6(16)5(15)4(2-14)18-8/h1,4-6,8,14-16H,2H2,(H2,11,12,17)/t4-,5+,6+,8-/m0/s1. The second-order valence-electron chi connectivity index (χ2n) is 3.89. The van der Waals surface area contributed by atoms with E-state index < -0.39 is 36.8 Å². The number of rotatable bonds is 2. The molecular weight excluding hydrogens is 357 g/mol. The lowest BCUT2D eigenvalue weighted by molar-refractivity contribution is -0.0550. The fraction of sp³-hybridized carbons (Fsp3) is 0.556. The van der Waals surface area contributed by atoms with Gasteiger partial charge in [-0.3, -0.25) is 4.57 Å². The van der Waals surface area contributed by atoms with Crippen molar-refractivity contribution in [3.05, 3.63) is 20.3 Å². The highest BCUT2D eigenvalue weighted by Gasteiger charge is 2.43. The van der Waals surface area contributed by atoms with Crippen molar-refractivity contribution < 1.29 is 20.1 Å². The molecule has 4 atom stereocenters. The monoisotopic (exact) mass is 369 g/mol. The molecule has 0 bridgehead atoms. The van der Waals surface area contributed by atoms with Crippen molar-refractivity contribution in [2.24, 2.45) is 0 Å². The van der Waals surface area contributed by atoms with Crippen LogP contribution in [0.3, 0.4) is 0 Å². The van der Waals surface area contributed by atoms with Crippen LogP contribution in [0, 0.1) is 3.57 Å². The van der Waals surface area contributed by atoms with Gasteiger partial charge in [0.25, 0.3) is 0 Å². The number of aromatic nitrogens is 2. The Morgan fingerprint density at radius 2 is 2.17 bits per heavy atom. The number of hydrogen-bond donors (Lipinski definition) is 4. The van der Waals surface area contributed by atoms with Gasteiger partial charge in [0.05, 0.1) is 10.2 Å². The molecule has 2 heterocycles. The van der Waals surface area contributed by atoms with E-state index in [1.165, 1.54) is 6.20 Å². The Bertz CT molecular complexity index is 507. The van der Waals surface area contributed by atoms with Crippen LogP contribution in [-0.2, 0) is 4.74 Å². The molecule has 0 aliphatic carbocycles. The highest BCUT2D eigenvalue weighted by atomic mass is 127. The number of anilines is 1. The van der Waals surface area contributed by atoms with Gasteiger partial charge in [0.15, 0.2) is 6.23 Å². The van der Waals surface area contributed by atoms with Gasteiger partial charge < -0.3 is 25.8 Å². The first-order chi connectivity index (χ1) is 8.45. The summed E-state index contributed by atoms with van der Waals surface area (Å²) in [6.07, 6.45) is -3.23. The highest BCUT2D eigenvalue weighted by molar-refractivity contribution is 14.1. The predicted octanol–water partition coefficient (Wildman–Crippen LogP) is -1.96. The average molecular weight is 369 g/mol. The first-order valence-electron chi connectivity index (χ1n) is 5.12. The Balaban J connectivity index is 2.39. The van der Waals surface area contributed by atoms with Gasteiger partial charge in [0, 0.05) is 6.20 Å². The Morgan fingerprint density at radius 3 is 2.72 bits per heavy atom. The molecule has 1 fully saturated rings. The van der Waals surface area contributed by atoms with Gasteiger partial charge >= 0.3 is 5.69 Å². The zero-order valence-electron chi connectivity index (χ0n) is 9.10. The molecule has 0 aromatic carbocycles. The number of nitrogens with two attached hydrogens (primary N) is 1. The molecule has 100 valence electrons. The molecule has 1 aromatic heterocycles. The van der Waals surface area contributed by atoms with Crippen molar-refractivity contribution in [3.8, 4) is 0 Å². The van der Waals surface area contributed by atoms with E-state index in [-0.39, 0.29) is 5.82 Å². The van der Waals surface area contributed by atoms with E-state index in [0.29, 0.717) is 3.57 Å². The van der Waals surface area contributed by atoms with Gasteiger partial charge in [0.2, 0.25) is 0 Å². The second kappa shape index (κ2) is 5.09. The topological polar surface area (TPSA) is 131 Å². The Kier molecular flexibility index (Phi) is 3.87. The number of nitrogens with zero attached hydrogens (tertiary/aromatic N) is 2. The Labute approximate surface area is 115 Å². The van der Waals surface area contributed by atoms with E-state index in [0.717, 1.165) is 4.57 Å². The van der Waals surface area contributed by atoms with Crippen LogP contribution < -0.4 is 11.4 Å². The fourth-order valence-electron chi connectivity index (χ4n) is 1.75. The average Bonchev–Trinajstić information content (AvgIpc) is 2.61. The number of aliphatic hydroxyl groups is 3. The van der Waals surface area contributed by atoms with E-state index in [9.17, 15) is 15.0 Å². The van der Waals surface area contributed by atoms with E-state index in [2.05, 4.69) is 4.98 Å². The molecule has 1 aliphatic heterocycles. The zero-order valence-corrected chi connectivity index (χ0v) is 11.3. The maximum atomic E-state index is 11.7. The normalized spacial score (nSPS) is 31.8. The largest absolute Gasteiger partial charge is 0.394 e. The van der Waals surface area contributed by atoms with Crippen molar-refractivity contribution >= 4 is 28.4 Å². The minimum atomic E-state index is -1.32. The Hall–Kier alpha value is -0.750. The molecule has 0 unspecified atom stereocenters. The van der Waals surface area contributed by atoms with Crippen LogP contribution in [-0.4, -0.2) is 49.8 Å². The Morgan fingerprint density at radius 1 is 1.50 bits per heavy atom. The lowest BCUT2D eigenvalue weighted by atomic mass is 10.1. The molecule has 0 radical (unpaired) electrons. The molecule has 9 heteroatoms.